The van der Waals surface area contributed by atoms with Crippen molar-refractivity contribution in [3.63, 3.8) is 0 Å². The Bertz CT molecular complexity index is 674. The Labute approximate surface area is 140 Å². The summed E-state index contributed by atoms with van der Waals surface area (Å²) < 4.78 is 0. The topological polar surface area (TPSA) is 91.1 Å². The van der Waals surface area contributed by atoms with E-state index in [0.29, 0.717) is 18.3 Å². The van der Waals surface area contributed by atoms with Gasteiger partial charge in [0, 0.05) is 37.3 Å². The van der Waals surface area contributed by atoms with Crippen LogP contribution in [-0.4, -0.2) is 55.7 Å². The molecule has 3 rings (SSSR count). The number of hydrogen-bond donors (Lipinski definition) is 3. The van der Waals surface area contributed by atoms with Crippen molar-refractivity contribution in [2.24, 2.45) is 5.92 Å². The van der Waals surface area contributed by atoms with Crippen LogP contribution in [0.25, 0.3) is 11.0 Å². The third kappa shape index (κ3) is 3.68. The van der Waals surface area contributed by atoms with E-state index in [1.54, 1.807) is 0 Å². The van der Waals surface area contributed by atoms with Gasteiger partial charge in [-0.15, -0.1) is 6.58 Å². The Balaban J connectivity index is 1.60. The number of hydrogen-bond acceptors (Lipinski definition) is 6. The van der Waals surface area contributed by atoms with Crippen molar-refractivity contribution in [3.8, 4) is 0 Å². The van der Waals surface area contributed by atoms with Crippen molar-refractivity contribution in [2.75, 3.05) is 30.3 Å². The van der Waals surface area contributed by atoms with Gasteiger partial charge in [0.05, 0.1) is 11.6 Å². The summed E-state index contributed by atoms with van der Waals surface area (Å²) in [6, 6.07) is 0. The number of thioether (sulfide) groups is 1. The van der Waals surface area contributed by atoms with E-state index in [1.807, 2.05) is 24.0 Å². The first-order valence-corrected chi connectivity index (χ1v) is 9.00. The second kappa shape index (κ2) is 7.33. The second-order valence-electron chi connectivity index (χ2n) is 5.97. The zero-order valence-corrected chi connectivity index (χ0v) is 13.9. The molecule has 2 aromatic rings. The van der Waals surface area contributed by atoms with Gasteiger partial charge in [0.2, 0.25) is 0 Å². The highest BCUT2D eigenvalue weighted by Gasteiger charge is 2.31. The molecule has 1 aliphatic heterocycles. The Kier molecular flexibility index (Phi) is 5.20. The Hall–Kier alpha value is -1.57. The summed E-state index contributed by atoms with van der Waals surface area (Å²) >= 11 is 1.89. The molecule has 0 saturated carbocycles. The van der Waals surface area contributed by atoms with Gasteiger partial charge >= 0.3 is 0 Å². The Morgan fingerprint density at radius 3 is 3.17 bits per heavy atom. The van der Waals surface area contributed by atoms with Gasteiger partial charge in [-0.1, -0.05) is 6.08 Å². The van der Waals surface area contributed by atoms with Crippen molar-refractivity contribution < 1.29 is 5.11 Å². The largest absolute Gasteiger partial charge is 0.391 e. The average molecular weight is 333 g/mol. The summed E-state index contributed by atoms with van der Waals surface area (Å²) in [5, 5.41) is 10.3. The number of anilines is 1. The summed E-state index contributed by atoms with van der Waals surface area (Å²) in [5.41, 5.74) is 8.62. The Morgan fingerprint density at radius 2 is 2.35 bits per heavy atom. The lowest BCUT2D eigenvalue weighted by Crippen LogP contribution is -2.21. The highest BCUT2D eigenvalue weighted by Crippen LogP contribution is 2.26. The minimum atomic E-state index is -0.254. The number of nitrogens with one attached hydrogen (secondary N) is 1. The van der Waals surface area contributed by atoms with Crippen molar-refractivity contribution in [1.82, 2.24) is 19.9 Å². The number of β-amino-alcohol motifs (C(OH)–C–C–N with tert-alkyl or cyclic N) is 1. The van der Waals surface area contributed by atoms with Crippen molar-refractivity contribution in [1.29, 1.82) is 0 Å². The van der Waals surface area contributed by atoms with E-state index >= 15 is 0 Å². The van der Waals surface area contributed by atoms with Gasteiger partial charge in [-0.05, 0) is 17.9 Å². The molecule has 0 aromatic carbocycles. The molecule has 1 fully saturated rings. The third-order valence-electron chi connectivity index (χ3n) is 4.25. The van der Waals surface area contributed by atoms with E-state index in [2.05, 4.69) is 26.4 Å². The summed E-state index contributed by atoms with van der Waals surface area (Å²) in [6.07, 6.45) is 6.14. The lowest BCUT2D eigenvalue weighted by molar-refractivity contribution is 0.149. The average Bonchev–Trinajstić information content (AvgIpc) is 3.09. The highest BCUT2D eigenvalue weighted by atomic mass is 32.2. The van der Waals surface area contributed by atoms with Gasteiger partial charge in [0.1, 0.15) is 11.8 Å². The zero-order valence-electron chi connectivity index (χ0n) is 13.1. The van der Waals surface area contributed by atoms with Crippen LogP contribution in [0.15, 0.2) is 25.2 Å². The molecule has 7 heteroatoms. The molecule has 2 aromatic heterocycles. The maximum atomic E-state index is 10.3. The molecule has 2 atom stereocenters. The summed E-state index contributed by atoms with van der Waals surface area (Å²) in [6.45, 7) is 6.12. The molecule has 3 heterocycles. The van der Waals surface area contributed by atoms with Crippen LogP contribution >= 0.6 is 11.8 Å². The molecule has 2 unspecified atom stereocenters. The van der Waals surface area contributed by atoms with Crippen LogP contribution in [0.5, 0.6) is 0 Å². The van der Waals surface area contributed by atoms with Crippen LogP contribution in [-0.2, 0) is 6.54 Å². The number of aromatic nitrogens is 3. The fourth-order valence-electron chi connectivity index (χ4n) is 3.01. The predicted octanol–water partition coefficient (Wildman–Crippen LogP) is 1.64. The molecular formula is C16H23N5OS. The standard InChI is InChI=1S/C16H23N5OS/c1-2-3-4-23-9-12-7-21(8-13(12)22)6-11-5-18-15-14(11)19-10-20-16(15)17/h2,5,10,12-13,18,22H,1,3-4,6-9H2,(H2,17,19,20). The number of likely N-dealkylation sites (tertiary alicyclic amines) is 1. The van der Waals surface area contributed by atoms with Crippen LogP contribution in [0.3, 0.4) is 0 Å². The molecule has 0 spiro atoms. The monoisotopic (exact) mass is 333 g/mol. The minimum absolute atomic E-state index is 0.254. The number of nitrogens with zero attached hydrogens (tertiary/aromatic N) is 3. The molecule has 6 nitrogen and oxygen atoms in total. The van der Waals surface area contributed by atoms with Gasteiger partial charge in [-0.2, -0.15) is 11.8 Å². The number of fused-ring (bicyclic) bond motifs is 1. The molecular weight excluding hydrogens is 310 g/mol. The van der Waals surface area contributed by atoms with E-state index in [4.69, 9.17) is 5.73 Å². The van der Waals surface area contributed by atoms with Gasteiger partial charge in [0.15, 0.2) is 5.82 Å². The summed E-state index contributed by atoms with van der Waals surface area (Å²) in [5.74, 6) is 2.87. The number of nitrogen functional groups attached to an aromatic ring is 1. The molecule has 0 amide bonds. The van der Waals surface area contributed by atoms with Crippen molar-refractivity contribution in [3.05, 3.63) is 30.7 Å². The van der Waals surface area contributed by atoms with E-state index in [-0.39, 0.29) is 6.10 Å². The van der Waals surface area contributed by atoms with Crippen molar-refractivity contribution >= 4 is 28.6 Å². The molecule has 1 aliphatic rings. The van der Waals surface area contributed by atoms with Gasteiger partial charge in [-0.25, -0.2) is 9.97 Å². The predicted molar refractivity (Wildman–Crippen MR) is 95.2 cm³/mol. The van der Waals surface area contributed by atoms with Crippen LogP contribution < -0.4 is 5.73 Å². The van der Waals surface area contributed by atoms with Gasteiger partial charge in [0.25, 0.3) is 0 Å². The summed E-state index contributed by atoms with van der Waals surface area (Å²) in [7, 11) is 0. The molecule has 124 valence electrons. The molecule has 0 radical (unpaired) electrons. The first kappa shape index (κ1) is 16.3. The summed E-state index contributed by atoms with van der Waals surface area (Å²) in [4.78, 5) is 13.8. The SMILES string of the molecule is C=CCCSCC1CN(Cc2c[nH]c3c(N)ncnc23)CC1O. The normalized spacial score (nSPS) is 22.0. The number of aromatic amines is 1. The quantitative estimate of drug-likeness (QED) is 0.527. The third-order valence-corrected chi connectivity index (χ3v) is 5.43. The van der Waals surface area contributed by atoms with Crippen LogP contribution in [0, 0.1) is 5.92 Å². The smallest absolute Gasteiger partial charge is 0.151 e. The van der Waals surface area contributed by atoms with Gasteiger partial charge in [-0.3, -0.25) is 4.90 Å². The molecule has 0 aliphatic carbocycles. The number of rotatable bonds is 7. The van der Waals surface area contributed by atoms with E-state index in [9.17, 15) is 5.11 Å². The van der Waals surface area contributed by atoms with E-state index in [0.717, 1.165) is 47.6 Å². The second-order valence-corrected chi connectivity index (χ2v) is 7.12. The number of allylic oxidation sites excluding steroid dienone is 1. The molecule has 1 saturated heterocycles. The Morgan fingerprint density at radius 1 is 1.48 bits per heavy atom. The molecule has 4 N–H and O–H groups in total. The molecule has 0 bridgehead atoms. The van der Waals surface area contributed by atoms with Crippen LogP contribution in [0.1, 0.15) is 12.0 Å². The lowest BCUT2D eigenvalue weighted by Gasteiger charge is -2.14. The number of H-pyrrole nitrogens is 1. The van der Waals surface area contributed by atoms with Crippen molar-refractivity contribution in [2.45, 2.75) is 19.1 Å². The van der Waals surface area contributed by atoms with E-state index < -0.39 is 0 Å². The van der Waals surface area contributed by atoms with Gasteiger partial charge < -0.3 is 15.8 Å². The first-order chi connectivity index (χ1) is 11.2. The lowest BCUT2D eigenvalue weighted by atomic mass is 10.1. The maximum absolute atomic E-state index is 10.3. The van der Waals surface area contributed by atoms with E-state index in [1.165, 1.54) is 6.33 Å². The number of aliphatic hydroxyl groups excluding tert-OH is 1. The van der Waals surface area contributed by atoms with Crippen LogP contribution in [0.4, 0.5) is 5.82 Å². The fourth-order valence-corrected chi connectivity index (χ4v) is 4.14. The fraction of sp³-hybridized carbons (Fsp3) is 0.500. The highest BCUT2D eigenvalue weighted by molar-refractivity contribution is 7.99. The first-order valence-electron chi connectivity index (χ1n) is 7.84. The van der Waals surface area contributed by atoms with Crippen LogP contribution in [0.2, 0.25) is 0 Å². The maximum Gasteiger partial charge on any atom is 0.151 e. The number of nitrogens with two attached hydrogens (primary N) is 1. The molecule has 23 heavy (non-hydrogen) atoms. The number of aliphatic hydroxyl groups is 1. The minimum Gasteiger partial charge on any atom is -0.391 e. The zero-order chi connectivity index (χ0) is 16.2.